The van der Waals surface area contributed by atoms with E-state index in [-0.39, 0.29) is 5.63 Å². The van der Waals surface area contributed by atoms with E-state index in [0.717, 1.165) is 64.8 Å². The van der Waals surface area contributed by atoms with E-state index in [9.17, 15) is 4.79 Å². The zero-order valence-electron chi connectivity index (χ0n) is 17.5. The van der Waals surface area contributed by atoms with Crippen LogP contribution in [0.3, 0.4) is 0 Å². The number of aryl methyl sites for hydroxylation is 2. The highest BCUT2D eigenvalue weighted by molar-refractivity contribution is 5.87. The first-order valence-electron chi connectivity index (χ1n) is 10.3. The highest BCUT2D eigenvalue weighted by Gasteiger charge is 2.26. The Balaban J connectivity index is 1.59. The maximum absolute atomic E-state index is 12.5. The summed E-state index contributed by atoms with van der Waals surface area (Å²) in [6.45, 7) is 3.09. The lowest BCUT2D eigenvalue weighted by Crippen LogP contribution is -2.32. The molecular weight excluding hydrogens is 382 g/mol. The second-order valence-corrected chi connectivity index (χ2v) is 7.93. The van der Waals surface area contributed by atoms with Gasteiger partial charge in [-0.25, -0.2) is 4.79 Å². The fraction of sp³-hybridized carbons (Fsp3) is 0.375. The molecule has 1 aromatic heterocycles. The van der Waals surface area contributed by atoms with Crippen LogP contribution in [-0.2, 0) is 19.4 Å². The van der Waals surface area contributed by atoms with E-state index in [2.05, 4.69) is 11.0 Å². The summed E-state index contributed by atoms with van der Waals surface area (Å²) < 4.78 is 22.7. The third kappa shape index (κ3) is 2.90. The molecule has 30 heavy (non-hydrogen) atoms. The molecule has 6 heteroatoms. The Labute approximate surface area is 175 Å². The van der Waals surface area contributed by atoms with E-state index in [0.29, 0.717) is 30.4 Å². The standard InChI is InChI=1S/C24H25NO5/c1-14-22-15(10-19-17-6-4-5-7-18(17)24(26)30-23(14)19)12-25(13-29-22)16-8-9-20(27-2)21(11-16)28-3/h8-11H,4-7,12-13H2,1-3H3. The SMILES string of the molecule is COc1ccc(N2COc3c(cc4c5c(c(=O)oc4c3C)CCCC5)C2)cc1OC. The molecule has 0 N–H and O–H groups in total. The Bertz CT molecular complexity index is 1200. The van der Waals surface area contributed by atoms with Crippen LogP contribution in [0.25, 0.3) is 11.0 Å². The summed E-state index contributed by atoms with van der Waals surface area (Å²) >= 11 is 0. The molecule has 0 saturated heterocycles. The van der Waals surface area contributed by atoms with Crippen LogP contribution < -0.4 is 24.7 Å². The van der Waals surface area contributed by atoms with Gasteiger partial charge in [-0.2, -0.15) is 0 Å². The predicted octanol–water partition coefficient (Wildman–Crippen LogP) is 4.35. The van der Waals surface area contributed by atoms with Crippen molar-refractivity contribution in [2.75, 3.05) is 25.9 Å². The number of fused-ring (bicyclic) bond motifs is 4. The number of rotatable bonds is 3. The van der Waals surface area contributed by atoms with Gasteiger partial charge in [-0.1, -0.05) is 0 Å². The first-order valence-corrected chi connectivity index (χ1v) is 10.3. The van der Waals surface area contributed by atoms with Crippen LogP contribution in [0.2, 0.25) is 0 Å². The molecule has 2 aliphatic rings. The minimum absolute atomic E-state index is 0.192. The van der Waals surface area contributed by atoms with Gasteiger partial charge in [0.15, 0.2) is 18.2 Å². The van der Waals surface area contributed by atoms with E-state index < -0.39 is 0 Å². The maximum Gasteiger partial charge on any atom is 0.339 e. The van der Waals surface area contributed by atoms with E-state index in [4.69, 9.17) is 18.6 Å². The van der Waals surface area contributed by atoms with Crippen LogP contribution >= 0.6 is 0 Å². The number of ether oxygens (including phenoxy) is 3. The zero-order chi connectivity index (χ0) is 20.8. The van der Waals surface area contributed by atoms with Gasteiger partial charge in [-0.15, -0.1) is 0 Å². The van der Waals surface area contributed by atoms with E-state index >= 15 is 0 Å². The maximum atomic E-state index is 12.5. The average molecular weight is 407 g/mol. The van der Waals surface area contributed by atoms with Crippen LogP contribution in [0, 0.1) is 6.92 Å². The summed E-state index contributed by atoms with van der Waals surface area (Å²) in [7, 11) is 3.26. The largest absolute Gasteiger partial charge is 0.493 e. The van der Waals surface area contributed by atoms with Crippen molar-refractivity contribution in [2.24, 2.45) is 0 Å². The third-order valence-electron chi connectivity index (χ3n) is 6.23. The van der Waals surface area contributed by atoms with Crippen LogP contribution in [0.15, 0.2) is 33.5 Å². The Morgan fingerprint density at radius 2 is 1.77 bits per heavy atom. The normalized spacial score (nSPS) is 15.4. The summed E-state index contributed by atoms with van der Waals surface area (Å²) in [5.41, 5.74) is 5.48. The smallest absolute Gasteiger partial charge is 0.339 e. The lowest BCUT2D eigenvalue weighted by atomic mass is 9.89. The lowest BCUT2D eigenvalue weighted by Gasteiger charge is -2.32. The van der Waals surface area contributed by atoms with Gasteiger partial charge in [-0.3, -0.25) is 0 Å². The minimum Gasteiger partial charge on any atom is -0.493 e. The van der Waals surface area contributed by atoms with Crippen LogP contribution in [0.4, 0.5) is 5.69 Å². The van der Waals surface area contributed by atoms with Gasteiger partial charge in [-0.05, 0) is 56.4 Å². The minimum atomic E-state index is -0.192. The molecule has 0 radical (unpaired) electrons. The molecule has 6 nitrogen and oxygen atoms in total. The van der Waals surface area contributed by atoms with E-state index in [1.807, 2.05) is 25.1 Å². The molecule has 0 atom stereocenters. The van der Waals surface area contributed by atoms with Gasteiger partial charge in [0.05, 0.1) is 14.2 Å². The molecule has 5 rings (SSSR count). The summed E-state index contributed by atoms with van der Waals surface area (Å²) in [5, 5.41) is 1.05. The number of anilines is 1. The topological polar surface area (TPSA) is 61.1 Å². The van der Waals surface area contributed by atoms with Crippen LogP contribution in [0.1, 0.15) is 35.1 Å². The predicted molar refractivity (Wildman–Crippen MR) is 115 cm³/mol. The first kappa shape index (κ1) is 18.9. The van der Waals surface area contributed by atoms with Crippen molar-refractivity contribution in [1.29, 1.82) is 0 Å². The zero-order valence-corrected chi connectivity index (χ0v) is 17.5. The number of nitrogens with zero attached hydrogens (tertiary/aromatic N) is 1. The van der Waals surface area contributed by atoms with Gasteiger partial charge in [0.1, 0.15) is 11.3 Å². The molecule has 1 aliphatic heterocycles. The molecule has 0 spiro atoms. The van der Waals surface area contributed by atoms with Gasteiger partial charge in [0.25, 0.3) is 0 Å². The molecule has 0 saturated carbocycles. The summed E-state index contributed by atoms with van der Waals surface area (Å²) in [5.74, 6) is 2.20. The molecule has 156 valence electrons. The summed E-state index contributed by atoms with van der Waals surface area (Å²) in [6.07, 6.45) is 3.88. The molecule has 2 heterocycles. The number of methoxy groups -OCH3 is 2. The van der Waals surface area contributed by atoms with Crippen molar-refractivity contribution in [3.63, 3.8) is 0 Å². The second-order valence-electron chi connectivity index (χ2n) is 7.93. The number of benzene rings is 2. The van der Waals surface area contributed by atoms with Crippen LogP contribution in [-0.4, -0.2) is 21.0 Å². The van der Waals surface area contributed by atoms with Crippen LogP contribution in [0.5, 0.6) is 17.2 Å². The van der Waals surface area contributed by atoms with Crippen molar-refractivity contribution in [3.8, 4) is 17.2 Å². The van der Waals surface area contributed by atoms with Crippen molar-refractivity contribution >= 4 is 16.7 Å². The first-order chi connectivity index (χ1) is 14.6. The highest BCUT2D eigenvalue weighted by atomic mass is 16.5. The van der Waals surface area contributed by atoms with Gasteiger partial charge >= 0.3 is 5.63 Å². The highest BCUT2D eigenvalue weighted by Crippen LogP contribution is 2.39. The second kappa shape index (κ2) is 7.27. The van der Waals surface area contributed by atoms with E-state index in [1.165, 1.54) is 0 Å². The lowest BCUT2D eigenvalue weighted by molar-refractivity contribution is 0.287. The quantitative estimate of drug-likeness (QED) is 0.602. The molecule has 0 amide bonds. The van der Waals surface area contributed by atoms with Gasteiger partial charge in [0.2, 0.25) is 0 Å². The average Bonchev–Trinajstić information content (AvgIpc) is 2.79. The molecule has 0 bridgehead atoms. The number of hydrogen-bond acceptors (Lipinski definition) is 6. The Morgan fingerprint density at radius 3 is 2.53 bits per heavy atom. The van der Waals surface area contributed by atoms with Gasteiger partial charge < -0.3 is 23.5 Å². The molecule has 2 aromatic carbocycles. The molecular formula is C24H25NO5. The van der Waals surface area contributed by atoms with Crippen molar-refractivity contribution in [1.82, 2.24) is 0 Å². The van der Waals surface area contributed by atoms with E-state index in [1.54, 1.807) is 14.2 Å². The Hall–Kier alpha value is -3.15. The molecule has 1 aliphatic carbocycles. The fourth-order valence-electron chi connectivity index (χ4n) is 4.69. The van der Waals surface area contributed by atoms with Crippen molar-refractivity contribution in [3.05, 3.63) is 56.9 Å². The Kier molecular flexibility index (Phi) is 4.57. The summed E-state index contributed by atoms with van der Waals surface area (Å²) in [4.78, 5) is 14.7. The number of hydrogen-bond donors (Lipinski definition) is 0. The monoisotopic (exact) mass is 407 g/mol. The summed E-state index contributed by atoms with van der Waals surface area (Å²) in [6, 6.07) is 8.02. The molecule has 0 unspecified atom stereocenters. The van der Waals surface area contributed by atoms with Gasteiger partial charge in [0, 0.05) is 40.4 Å². The fourth-order valence-corrected chi connectivity index (χ4v) is 4.69. The third-order valence-corrected chi connectivity index (χ3v) is 6.23. The molecule has 3 aromatic rings. The van der Waals surface area contributed by atoms with Crippen molar-refractivity contribution in [2.45, 2.75) is 39.2 Å². The molecule has 0 fully saturated rings. The van der Waals surface area contributed by atoms with Crippen molar-refractivity contribution < 1.29 is 18.6 Å². The Morgan fingerprint density at radius 1 is 1.00 bits per heavy atom.